The summed E-state index contributed by atoms with van der Waals surface area (Å²) in [6.45, 7) is 2.63. The van der Waals surface area contributed by atoms with E-state index in [1.165, 1.54) is 6.07 Å². The Morgan fingerprint density at radius 3 is 2.60 bits per heavy atom. The van der Waals surface area contributed by atoms with Crippen molar-refractivity contribution < 1.29 is 13.5 Å². The Labute approximate surface area is 116 Å². The van der Waals surface area contributed by atoms with Crippen molar-refractivity contribution >= 4 is 0 Å². The number of nitrogens with zero attached hydrogens (tertiary/aromatic N) is 1. The lowest BCUT2D eigenvalue weighted by Gasteiger charge is -2.19. The van der Waals surface area contributed by atoms with E-state index in [0.717, 1.165) is 11.6 Å². The summed E-state index contributed by atoms with van der Waals surface area (Å²) in [7, 11) is 1.56. The zero-order valence-corrected chi connectivity index (χ0v) is 11.4. The first-order valence-corrected chi connectivity index (χ1v) is 6.33. The summed E-state index contributed by atoms with van der Waals surface area (Å²) in [4.78, 5) is 4.09. The first kappa shape index (κ1) is 14.4. The molecule has 0 aliphatic carbocycles. The molecule has 1 unspecified atom stereocenters. The molecule has 0 saturated carbocycles. The second kappa shape index (κ2) is 6.43. The zero-order valence-electron chi connectivity index (χ0n) is 11.4. The van der Waals surface area contributed by atoms with Crippen LogP contribution in [-0.2, 0) is 0 Å². The monoisotopic (exact) mass is 278 g/mol. The highest BCUT2D eigenvalue weighted by atomic mass is 19.2. The van der Waals surface area contributed by atoms with Gasteiger partial charge in [-0.1, -0.05) is 13.0 Å². The van der Waals surface area contributed by atoms with Crippen LogP contribution in [0.3, 0.4) is 0 Å². The van der Waals surface area contributed by atoms with Gasteiger partial charge in [0.05, 0.1) is 19.3 Å². The Balaban J connectivity index is 2.41. The average molecular weight is 278 g/mol. The summed E-state index contributed by atoms with van der Waals surface area (Å²) in [5.74, 6) is -1.10. The lowest BCUT2D eigenvalue weighted by molar-refractivity contribution is 0.411. The molecule has 0 aliphatic heterocycles. The lowest BCUT2D eigenvalue weighted by atomic mass is 10.00. The van der Waals surface area contributed by atoms with Crippen molar-refractivity contribution in [2.75, 3.05) is 13.7 Å². The largest absolute Gasteiger partial charge is 0.495 e. The third-order valence-corrected chi connectivity index (χ3v) is 2.99. The molecule has 1 aromatic carbocycles. The highest BCUT2D eigenvalue weighted by Gasteiger charge is 2.16. The highest BCUT2D eigenvalue weighted by Crippen LogP contribution is 2.25. The van der Waals surface area contributed by atoms with Crippen LogP contribution in [0.15, 0.2) is 36.7 Å². The summed E-state index contributed by atoms with van der Waals surface area (Å²) in [5, 5.41) is 3.23. The summed E-state index contributed by atoms with van der Waals surface area (Å²) >= 11 is 0. The predicted octanol–water partition coefficient (Wildman–Crippen LogP) is 3.07. The highest BCUT2D eigenvalue weighted by molar-refractivity contribution is 5.34. The molecule has 5 heteroatoms. The van der Waals surface area contributed by atoms with Gasteiger partial charge in [-0.05, 0) is 35.9 Å². The first-order chi connectivity index (χ1) is 9.65. The van der Waals surface area contributed by atoms with E-state index in [0.29, 0.717) is 17.9 Å². The van der Waals surface area contributed by atoms with Gasteiger partial charge in [-0.15, -0.1) is 0 Å². The molecule has 20 heavy (non-hydrogen) atoms. The molecule has 0 fully saturated rings. The molecular formula is C15H16F2N2O. The standard InChI is InChI=1S/C15H16F2N2O/c1-3-19-15(10-4-5-13(16)14(17)7-10)11-6-12(20-2)9-18-8-11/h4-9,15,19H,3H2,1-2H3. The number of benzene rings is 1. The fourth-order valence-corrected chi connectivity index (χ4v) is 2.03. The summed E-state index contributed by atoms with van der Waals surface area (Å²) in [6, 6.07) is 5.44. The van der Waals surface area contributed by atoms with Gasteiger partial charge in [0, 0.05) is 6.20 Å². The van der Waals surface area contributed by atoms with Crippen molar-refractivity contribution in [3.8, 4) is 5.75 Å². The Hall–Kier alpha value is -2.01. The number of hydrogen-bond donors (Lipinski definition) is 1. The summed E-state index contributed by atoms with van der Waals surface area (Å²) in [5.41, 5.74) is 1.47. The molecule has 1 atom stereocenters. The van der Waals surface area contributed by atoms with Crippen molar-refractivity contribution in [3.05, 3.63) is 59.4 Å². The number of rotatable bonds is 5. The minimum Gasteiger partial charge on any atom is -0.495 e. The summed E-state index contributed by atoms with van der Waals surface area (Å²) < 4.78 is 31.6. The summed E-state index contributed by atoms with van der Waals surface area (Å²) in [6.07, 6.45) is 3.27. The Morgan fingerprint density at radius 2 is 1.95 bits per heavy atom. The van der Waals surface area contributed by atoms with Crippen LogP contribution in [-0.4, -0.2) is 18.6 Å². The number of pyridine rings is 1. The smallest absolute Gasteiger partial charge is 0.159 e. The Bertz CT molecular complexity index is 590. The molecule has 1 aromatic heterocycles. The Kier molecular flexibility index (Phi) is 4.63. The topological polar surface area (TPSA) is 34.2 Å². The molecular weight excluding hydrogens is 262 g/mol. The number of ether oxygens (including phenoxy) is 1. The normalized spacial score (nSPS) is 12.2. The molecule has 106 valence electrons. The van der Waals surface area contributed by atoms with Gasteiger partial charge in [0.15, 0.2) is 11.6 Å². The third-order valence-electron chi connectivity index (χ3n) is 2.99. The minimum absolute atomic E-state index is 0.266. The second-order valence-electron chi connectivity index (χ2n) is 4.32. The van der Waals surface area contributed by atoms with Crippen LogP contribution in [0, 0.1) is 11.6 Å². The van der Waals surface area contributed by atoms with Gasteiger partial charge in [-0.2, -0.15) is 0 Å². The lowest BCUT2D eigenvalue weighted by Crippen LogP contribution is -2.22. The predicted molar refractivity (Wildman–Crippen MR) is 72.7 cm³/mol. The molecule has 0 aliphatic rings. The van der Waals surface area contributed by atoms with E-state index in [9.17, 15) is 8.78 Å². The fraction of sp³-hybridized carbons (Fsp3) is 0.267. The van der Waals surface area contributed by atoms with Crippen LogP contribution in [0.25, 0.3) is 0 Å². The van der Waals surface area contributed by atoms with Crippen LogP contribution in [0.1, 0.15) is 24.1 Å². The van der Waals surface area contributed by atoms with E-state index in [1.54, 1.807) is 25.6 Å². The molecule has 0 spiro atoms. The van der Waals surface area contributed by atoms with Gasteiger partial charge in [0.1, 0.15) is 5.75 Å². The number of hydrogen-bond acceptors (Lipinski definition) is 3. The maximum Gasteiger partial charge on any atom is 0.159 e. The molecule has 0 amide bonds. The molecule has 1 N–H and O–H groups in total. The van der Waals surface area contributed by atoms with Gasteiger partial charge in [-0.25, -0.2) is 8.78 Å². The van der Waals surface area contributed by atoms with Crippen LogP contribution in [0.2, 0.25) is 0 Å². The average Bonchev–Trinajstić information content (AvgIpc) is 2.48. The molecule has 2 rings (SSSR count). The van der Waals surface area contributed by atoms with Gasteiger partial charge in [0.25, 0.3) is 0 Å². The van der Waals surface area contributed by atoms with Crippen LogP contribution < -0.4 is 10.1 Å². The Morgan fingerprint density at radius 1 is 1.15 bits per heavy atom. The number of methoxy groups -OCH3 is 1. The quantitative estimate of drug-likeness (QED) is 0.912. The van der Waals surface area contributed by atoms with Crippen molar-refractivity contribution in [3.63, 3.8) is 0 Å². The van der Waals surface area contributed by atoms with E-state index in [1.807, 2.05) is 13.0 Å². The van der Waals surface area contributed by atoms with Gasteiger partial charge >= 0.3 is 0 Å². The molecule has 0 saturated heterocycles. The van der Waals surface area contributed by atoms with Crippen LogP contribution in [0.4, 0.5) is 8.78 Å². The molecule has 0 radical (unpaired) electrons. The molecule has 0 bridgehead atoms. The van der Waals surface area contributed by atoms with E-state index >= 15 is 0 Å². The number of halogens is 2. The van der Waals surface area contributed by atoms with Crippen LogP contribution >= 0.6 is 0 Å². The fourth-order valence-electron chi connectivity index (χ4n) is 2.03. The van der Waals surface area contributed by atoms with Gasteiger partial charge < -0.3 is 10.1 Å². The van der Waals surface area contributed by atoms with Crippen molar-refractivity contribution in [1.29, 1.82) is 0 Å². The van der Waals surface area contributed by atoms with E-state index < -0.39 is 11.6 Å². The third kappa shape index (κ3) is 3.11. The van der Waals surface area contributed by atoms with Gasteiger partial charge in [-0.3, -0.25) is 4.98 Å². The van der Waals surface area contributed by atoms with Crippen molar-refractivity contribution in [2.24, 2.45) is 0 Å². The molecule has 2 aromatic rings. The van der Waals surface area contributed by atoms with Crippen molar-refractivity contribution in [1.82, 2.24) is 10.3 Å². The maximum atomic E-state index is 13.4. The molecule has 1 heterocycles. The second-order valence-corrected chi connectivity index (χ2v) is 4.32. The number of aromatic nitrogens is 1. The first-order valence-electron chi connectivity index (χ1n) is 6.33. The number of nitrogens with one attached hydrogen (secondary N) is 1. The van der Waals surface area contributed by atoms with Crippen LogP contribution in [0.5, 0.6) is 5.75 Å². The minimum atomic E-state index is -0.860. The zero-order chi connectivity index (χ0) is 14.5. The molecule has 3 nitrogen and oxygen atoms in total. The van der Waals surface area contributed by atoms with Gasteiger partial charge in [0.2, 0.25) is 0 Å². The van der Waals surface area contributed by atoms with E-state index in [-0.39, 0.29) is 6.04 Å². The maximum absolute atomic E-state index is 13.4. The van der Waals surface area contributed by atoms with E-state index in [4.69, 9.17) is 4.74 Å². The van der Waals surface area contributed by atoms with E-state index in [2.05, 4.69) is 10.3 Å². The SMILES string of the molecule is CCNC(c1cncc(OC)c1)c1ccc(F)c(F)c1. The van der Waals surface area contributed by atoms with Crippen molar-refractivity contribution in [2.45, 2.75) is 13.0 Å².